The first-order chi connectivity index (χ1) is 10.5. The maximum absolute atomic E-state index is 12.2. The molecule has 0 radical (unpaired) electrons. The number of hydrogen-bond donors (Lipinski definition) is 1. The van der Waals surface area contributed by atoms with Gasteiger partial charge in [0.15, 0.2) is 11.5 Å². The highest BCUT2D eigenvalue weighted by Crippen LogP contribution is 2.23. The van der Waals surface area contributed by atoms with E-state index >= 15 is 0 Å². The Balaban J connectivity index is 2.15. The highest BCUT2D eigenvalue weighted by atomic mass is 35.5. The lowest BCUT2D eigenvalue weighted by molar-refractivity contribution is 0.0766. The molecule has 1 N–H and O–H groups in total. The fourth-order valence-electron chi connectivity index (χ4n) is 2.05. The number of halogens is 1. The molecule has 0 aliphatic rings. The average molecular weight is 319 g/mol. The first-order valence-electron chi connectivity index (χ1n) is 7.21. The van der Waals surface area contributed by atoms with Crippen LogP contribution in [0.1, 0.15) is 29.9 Å². The number of aromatic nitrogens is 2. The zero-order valence-corrected chi connectivity index (χ0v) is 13.7. The van der Waals surface area contributed by atoms with E-state index in [4.69, 9.17) is 11.6 Å². The van der Waals surface area contributed by atoms with Crippen LogP contribution in [0.5, 0.6) is 0 Å². The number of amides is 1. The number of nitrogens with one attached hydrogen (secondary N) is 1. The van der Waals surface area contributed by atoms with Crippen LogP contribution in [-0.4, -0.2) is 34.1 Å². The summed E-state index contributed by atoms with van der Waals surface area (Å²) in [6.45, 7) is 7.15. The smallest absolute Gasteiger partial charge is 0.274 e. The Hall–Kier alpha value is -2.14. The fourth-order valence-corrected chi connectivity index (χ4v) is 2.22. The summed E-state index contributed by atoms with van der Waals surface area (Å²) in [5.41, 5.74) is 2.26. The molecule has 0 spiro atoms. The van der Waals surface area contributed by atoms with Gasteiger partial charge in [0, 0.05) is 23.8 Å². The molecule has 0 saturated heterocycles. The summed E-state index contributed by atoms with van der Waals surface area (Å²) in [6.07, 6.45) is 0. The first kappa shape index (κ1) is 16.2. The van der Waals surface area contributed by atoms with Gasteiger partial charge in [0.1, 0.15) is 0 Å². The van der Waals surface area contributed by atoms with E-state index in [1.54, 1.807) is 17.0 Å². The van der Waals surface area contributed by atoms with Gasteiger partial charge in [0.25, 0.3) is 5.91 Å². The van der Waals surface area contributed by atoms with Crippen LogP contribution in [0.15, 0.2) is 30.3 Å². The molecule has 0 atom stereocenters. The molecule has 2 aromatic rings. The van der Waals surface area contributed by atoms with Crippen molar-refractivity contribution in [1.29, 1.82) is 0 Å². The van der Waals surface area contributed by atoms with E-state index in [1.165, 1.54) is 0 Å². The molecule has 5 nitrogen and oxygen atoms in total. The van der Waals surface area contributed by atoms with Crippen LogP contribution in [0.4, 0.5) is 11.5 Å². The quantitative estimate of drug-likeness (QED) is 0.914. The second kappa shape index (κ2) is 7.22. The monoisotopic (exact) mass is 318 g/mol. The molecule has 6 heteroatoms. The zero-order chi connectivity index (χ0) is 16.1. The van der Waals surface area contributed by atoms with Crippen LogP contribution in [-0.2, 0) is 0 Å². The van der Waals surface area contributed by atoms with Crippen LogP contribution in [0.2, 0.25) is 5.02 Å². The second-order valence-corrected chi connectivity index (χ2v) is 5.30. The van der Waals surface area contributed by atoms with Crippen molar-refractivity contribution in [2.45, 2.75) is 20.8 Å². The van der Waals surface area contributed by atoms with E-state index in [2.05, 4.69) is 15.5 Å². The van der Waals surface area contributed by atoms with Crippen molar-refractivity contribution in [2.24, 2.45) is 0 Å². The van der Waals surface area contributed by atoms with Gasteiger partial charge in [-0.2, -0.15) is 0 Å². The Morgan fingerprint density at radius 2 is 1.91 bits per heavy atom. The van der Waals surface area contributed by atoms with Crippen LogP contribution < -0.4 is 5.32 Å². The van der Waals surface area contributed by atoms with Crippen molar-refractivity contribution in [3.63, 3.8) is 0 Å². The van der Waals surface area contributed by atoms with Gasteiger partial charge < -0.3 is 10.2 Å². The Morgan fingerprint density at radius 1 is 1.18 bits per heavy atom. The average Bonchev–Trinajstić information content (AvgIpc) is 2.53. The van der Waals surface area contributed by atoms with Crippen LogP contribution in [0, 0.1) is 6.92 Å². The largest absolute Gasteiger partial charge is 0.338 e. The summed E-state index contributed by atoms with van der Waals surface area (Å²) in [5.74, 6) is 0.462. The van der Waals surface area contributed by atoms with Crippen molar-refractivity contribution < 1.29 is 4.79 Å². The number of carbonyl (C=O) groups is 1. The number of carbonyl (C=O) groups excluding carboxylic acids is 1. The lowest BCUT2D eigenvalue weighted by Crippen LogP contribution is -2.31. The van der Waals surface area contributed by atoms with Gasteiger partial charge in [-0.25, -0.2) is 0 Å². The highest BCUT2D eigenvalue weighted by molar-refractivity contribution is 6.30. The minimum absolute atomic E-state index is 0.108. The van der Waals surface area contributed by atoms with E-state index in [9.17, 15) is 4.79 Å². The Morgan fingerprint density at radius 3 is 2.50 bits per heavy atom. The van der Waals surface area contributed by atoms with Crippen molar-refractivity contribution in [1.82, 2.24) is 15.1 Å². The molecule has 0 unspecified atom stereocenters. The number of nitrogens with zero attached hydrogens (tertiary/aromatic N) is 3. The summed E-state index contributed by atoms with van der Waals surface area (Å²) in [6, 6.07) is 9.00. The van der Waals surface area contributed by atoms with Crippen LogP contribution >= 0.6 is 11.6 Å². The lowest BCUT2D eigenvalue weighted by Gasteiger charge is -2.17. The fraction of sp³-hybridized carbons (Fsp3) is 0.312. The predicted octanol–water partition coefficient (Wildman–Crippen LogP) is 3.66. The number of benzene rings is 1. The Kier molecular flexibility index (Phi) is 5.33. The van der Waals surface area contributed by atoms with Gasteiger partial charge in [0.05, 0.1) is 0 Å². The van der Waals surface area contributed by atoms with E-state index in [0.29, 0.717) is 29.6 Å². The molecule has 22 heavy (non-hydrogen) atoms. The van der Waals surface area contributed by atoms with E-state index in [-0.39, 0.29) is 5.91 Å². The minimum Gasteiger partial charge on any atom is -0.338 e. The standard InChI is InChI=1S/C16H19ClN4O/c1-4-21(5-2)16(22)13-8-9-15(20-19-13)18-14-10-12(17)7-6-11(14)3/h6-10H,4-5H2,1-3H3,(H,18,20). The second-order valence-electron chi connectivity index (χ2n) is 4.87. The topological polar surface area (TPSA) is 58.1 Å². The summed E-state index contributed by atoms with van der Waals surface area (Å²) in [4.78, 5) is 13.9. The van der Waals surface area contributed by atoms with E-state index in [1.807, 2.05) is 39.0 Å². The van der Waals surface area contributed by atoms with Crippen molar-refractivity contribution in [2.75, 3.05) is 18.4 Å². The molecule has 116 valence electrons. The van der Waals surface area contributed by atoms with E-state index in [0.717, 1.165) is 11.3 Å². The molecule has 1 aromatic heterocycles. The SMILES string of the molecule is CCN(CC)C(=O)c1ccc(Nc2cc(Cl)ccc2C)nn1. The van der Waals surface area contributed by atoms with Gasteiger partial charge in [-0.1, -0.05) is 17.7 Å². The summed E-state index contributed by atoms with van der Waals surface area (Å²) in [5, 5.41) is 11.9. The maximum Gasteiger partial charge on any atom is 0.274 e. The third-order valence-electron chi connectivity index (χ3n) is 3.40. The number of anilines is 2. The Bertz CT molecular complexity index is 654. The van der Waals surface area contributed by atoms with Crippen molar-refractivity contribution >= 4 is 29.0 Å². The molecular weight excluding hydrogens is 300 g/mol. The minimum atomic E-state index is -0.108. The molecule has 0 fully saturated rings. The van der Waals surface area contributed by atoms with Crippen LogP contribution in [0.25, 0.3) is 0 Å². The zero-order valence-electron chi connectivity index (χ0n) is 12.9. The first-order valence-corrected chi connectivity index (χ1v) is 7.59. The van der Waals surface area contributed by atoms with Gasteiger partial charge in [-0.15, -0.1) is 10.2 Å². The van der Waals surface area contributed by atoms with Gasteiger partial charge >= 0.3 is 0 Å². The van der Waals surface area contributed by atoms with Gasteiger partial charge in [0.2, 0.25) is 0 Å². The molecular formula is C16H19ClN4O. The molecule has 2 rings (SSSR count). The highest BCUT2D eigenvalue weighted by Gasteiger charge is 2.14. The molecule has 0 aliphatic heterocycles. The molecule has 1 aromatic carbocycles. The normalized spacial score (nSPS) is 10.4. The maximum atomic E-state index is 12.2. The molecule has 0 saturated carbocycles. The molecule has 0 aliphatic carbocycles. The Labute approximate surface area is 135 Å². The number of hydrogen-bond acceptors (Lipinski definition) is 4. The molecule has 0 bridgehead atoms. The summed E-state index contributed by atoms with van der Waals surface area (Å²) in [7, 11) is 0. The van der Waals surface area contributed by atoms with Crippen LogP contribution in [0.3, 0.4) is 0 Å². The lowest BCUT2D eigenvalue weighted by atomic mass is 10.2. The summed E-state index contributed by atoms with van der Waals surface area (Å²) >= 11 is 5.99. The number of rotatable bonds is 5. The van der Waals surface area contributed by atoms with Gasteiger partial charge in [-0.3, -0.25) is 4.79 Å². The number of aryl methyl sites for hydroxylation is 1. The third kappa shape index (κ3) is 3.74. The van der Waals surface area contributed by atoms with Gasteiger partial charge in [-0.05, 0) is 50.6 Å². The van der Waals surface area contributed by atoms with Crippen molar-refractivity contribution in [3.05, 3.63) is 46.6 Å². The van der Waals surface area contributed by atoms with Crippen molar-refractivity contribution in [3.8, 4) is 0 Å². The van der Waals surface area contributed by atoms with E-state index < -0.39 is 0 Å². The summed E-state index contributed by atoms with van der Waals surface area (Å²) < 4.78 is 0. The predicted molar refractivity (Wildman–Crippen MR) is 88.8 cm³/mol. The molecule has 1 heterocycles. The third-order valence-corrected chi connectivity index (χ3v) is 3.63. The molecule has 1 amide bonds.